The van der Waals surface area contributed by atoms with Crippen LogP contribution < -0.4 is 4.90 Å². The second-order valence-electron chi connectivity index (χ2n) is 5.06. The van der Waals surface area contributed by atoms with Crippen molar-refractivity contribution < 1.29 is 19.4 Å². The molecule has 1 heterocycles. The minimum Gasteiger partial charge on any atom is -0.306 e. The first-order chi connectivity index (χ1) is 10.8. The number of benzene rings is 1. The SMILES string of the molecule is CC(=O)SCC1CC(=O)N(c2ccc([N+](=O)[O-])cc2[N+](=O)[O-])C1. The molecular weight excluding hydrogens is 326 g/mol. The lowest BCUT2D eigenvalue weighted by molar-refractivity contribution is -0.393. The van der Waals surface area contributed by atoms with Gasteiger partial charge in [0.05, 0.1) is 15.9 Å². The fraction of sp³-hybridized carbons (Fsp3) is 0.385. The topological polar surface area (TPSA) is 124 Å². The summed E-state index contributed by atoms with van der Waals surface area (Å²) in [7, 11) is 0. The average Bonchev–Trinajstić information content (AvgIpc) is 2.85. The third-order valence-electron chi connectivity index (χ3n) is 3.38. The minimum atomic E-state index is -0.743. The molecule has 1 aromatic carbocycles. The van der Waals surface area contributed by atoms with Crippen LogP contribution in [0.1, 0.15) is 13.3 Å². The van der Waals surface area contributed by atoms with Crippen molar-refractivity contribution in [3.63, 3.8) is 0 Å². The summed E-state index contributed by atoms with van der Waals surface area (Å²) in [6.07, 6.45) is 0.189. The summed E-state index contributed by atoms with van der Waals surface area (Å²) in [6.45, 7) is 1.68. The minimum absolute atomic E-state index is 0.0425. The first kappa shape index (κ1) is 16.9. The first-order valence-corrected chi connectivity index (χ1v) is 7.64. The van der Waals surface area contributed by atoms with Gasteiger partial charge >= 0.3 is 0 Å². The van der Waals surface area contributed by atoms with E-state index in [1.54, 1.807) is 0 Å². The van der Waals surface area contributed by atoms with Gasteiger partial charge in [0.1, 0.15) is 5.69 Å². The third-order valence-corrected chi connectivity index (χ3v) is 4.43. The number of anilines is 1. The molecule has 0 spiro atoms. The van der Waals surface area contributed by atoms with Crippen LogP contribution in [0.2, 0.25) is 0 Å². The van der Waals surface area contributed by atoms with Crippen LogP contribution in [-0.2, 0) is 9.59 Å². The number of carbonyl (C=O) groups is 2. The van der Waals surface area contributed by atoms with E-state index < -0.39 is 21.2 Å². The molecule has 122 valence electrons. The van der Waals surface area contributed by atoms with Gasteiger partial charge < -0.3 is 4.90 Å². The second kappa shape index (κ2) is 6.73. The maximum absolute atomic E-state index is 12.1. The van der Waals surface area contributed by atoms with Gasteiger partial charge in [-0.3, -0.25) is 29.8 Å². The number of carbonyl (C=O) groups excluding carboxylic acids is 2. The molecule has 1 fully saturated rings. The quantitative estimate of drug-likeness (QED) is 0.594. The fourth-order valence-electron chi connectivity index (χ4n) is 2.36. The summed E-state index contributed by atoms with van der Waals surface area (Å²) in [5.74, 6) is 0.0699. The number of rotatable bonds is 5. The van der Waals surface area contributed by atoms with E-state index in [0.717, 1.165) is 23.9 Å². The highest BCUT2D eigenvalue weighted by atomic mass is 32.2. The molecule has 0 aromatic heterocycles. The number of hydrogen-bond acceptors (Lipinski definition) is 7. The van der Waals surface area contributed by atoms with Crippen LogP contribution in [0, 0.1) is 26.1 Å². The van der Waals surface area contributed by atoms with Gasteiger partial charge in [0.15, 0.2) is 5.12 Å². The van der Waals surface area contributed by atoms with Crippen molar-refractivity contribution >= 4 is 39.8 Å². The van der Waals surface area contributed by atoms with E-state index >= 15 is 0 Å². The molecule has 10 heteroatoms. The Morgan fingerprint density at radius 3 is 2.61 bits per heavy atom. The van der Waals surface area contributed by atoms with E-state index in [4.69, 9.17) is 0 Å². The summed E-state index contributed by atoms with van der Waals surface area (Å²) in [6, 6.07) is 3.20. The van der Waals surface area contributed by atoms with E-state index in [2.05, 4.69) is 0 Å². The standard InChI is InChI=1S/C13H13N3O6S/c1-8(17)23-7-9-4-13(18)14(6-9)11-3-2-10(15(19)20)5-12(11)16(21)22/h2-3,5,9H,4,6-7H2,1H3. The van der Waals surface area contributed by atoms with Gasteiger partial charge in [-0.2, -0.15) is 0 Å². The highest BCUT2D eigenvalue weighted by molar-refractivity contribution is 8.13. The van der Waals surface area contributed by atoms with Gasteiger partial charge in [0.2, 0.25) is 5.91 Å². The summed E-state index contributed by atoms with van der Waals surface area (Å²) < 4.78 is 0. The van der Waals surface area contributed by atoms with Gasteiger partial charge in [0, 0.05) is 31.7 Å². The molecule has 0 aliphatic carbocycles. The number of non-ortho nitro benzene ring substituents is 1. The van der Waals surface area contributed by atoms with Gasteiger partial charge in [-0.25, -0.2) is 0 Å². The van der Waals surface area contributed by atoms with Gasteiger partial charge in [0.25, 0.3) is 11.4 Å². The Hall–Kier alpha value is -2.49. The summed E-state index contributed by atoms with van der Waals surface area (Å²) in [5, 5.41) is 21.8. The Balaban J connectivity index is 2.27. The molecule has 1 aromatic rings. The molecular formula is C13H13N3O6S. The van der Waals surface area contributed by atoms with Crippen molar-refractivity contribution in [2.75, 3.05) is 17.2 Å². The zero-order valence-electron chi connectivity index (χ0n) is 12.1. The molecule has 1 amide bonds. The van der Waals surface area contributed by atoms with Crippen LogP contribution in [0.4, 0.5) is 17.1 Å². The van der Waals surface area contributed by atoms with Gasteiger partial charge in [-0.1, -0.05) is 11.8 Å². The lowest BCUT2D eigenvalue weighted by Gasteiger charge is -2.16. The van der Waals surface area contributed by atoms with Gasteiger partial charge in [-0.05, 0) is 12.0 Å². The predicted molar refractivity (Wildman–Crippen MR) is 83.3 cm³/mol. The zero-order valence-corrected chi connectivity index (χ0v) is 12.9. The van der Waals surface area contributed by atoms with E-state index in [0.29, 0.717) is 5.75 Å². The second-order valence-corrected chi connectivity index (χ2v) is 6.26. The van der Waals surface area contributed by atoms with E-state index in [1.165, 1.54) is 17.9 Å². The smallest absolute Gasteiger partial charge is 0.299 e. The van der Waals surface area contributed by atoms with Crippen LogP contribution in [0.3, 0.4) is 0 Å². The summed E-state index contributed by atoms with van der Waals surface area (Å²) in [5.41, 5.74) is -0.843. The fourth-order valence-corrected chi connectivity index (χ4v) is 3.05. The van der Waals surface area contributed by atoms with Crippen LogP contribution in [0.5, 0.6) is 0 Å². The molecule has 1 aliphatic heterocycles. The largest absolute Gasteiger partial charge is 0.306 e. The summed E-state index contributed by atoms with van der Waals surface area (Å²) in [4.78, 5) is 44.8. The third kappa shape index (κ3) is 3.83. The lowest BCUT2D eigenvalue weighted by atomic mass is 10.1. The van der Waals surface area contributed by atoms with Crippen molar-refractivity contribution in [3.8, 4) is 0 Å². The zero-order chi connectivity index (χ0) is 17.1. The first-order valence-electron chi connectivity index (χ1n) is 6.66. The highest BCUT2D eigenvalue weighted by Crippen LogP contribution is 2.36. The maximum atomic E-state index is 12.1. The summed E-state index contributed by atoms with van der Waals surface area (Å²) >= 11 is 1.10. The molecule has 23 heavy (non-hydrogen) atoms. The molecule has 0 bridgehead atoms. The molecule has 0 N–H and O–H groups in total. The number of amides is 1. The molecule has 2 rings (SSSR count). The van der Waals surface area contributed by atoms with E-state index in [9.17, 15) is 29.8 Å². The molecule has 0 radical (unpaired) electrons. The number of thioether (sulfide) groups is 1. The monoisotopic (exact) mass is 339 g/mol. The highest BCUT2D eigenvalue weighted by Gasteiger charge is 2.35. The van der Waals surface area contributed by atoms with Crippen LogP contribution in [0.15, 0.2) is 18.2 Å². The lowest BCUT2D eigenvalue weighted by Crippen LogP contribution is -2.25. The van der Waals surface area contributed by atoms with Crippen molar-refractivity contribution in [1.82, 2.24) is 0 Å². The molecule has 1 aliphatic rings. The van der Waals surface area contributed by atoms with E-state index in [1.807, 2.05) is 0 Å². The average molecular weight is 339 g/mol. The normalized spacial score (nSPS) is 17.3. The Bertz CT molecular complexity index is 692. The Kier molecular flexibility index (Phi) is 4.94. The number of nitro groups is 2. The molecule has 1 unspecified atom stereocenters. The molecule has 1 saturated heterocycles. The van der Waals surface area contributed by atoms with Crippen LogP contribution in [-0.4, -0.2) is 33.2 Å². The van der Waals surface area contributed by atoms with Crippen molar-refractivity contribution in [3.05, 3.63) is 38.4 Å². The number of nitro benzene ring substituents is 2. The molecule has 9 nitrogen and oxygen atoms in total. The van der Waals surface area contributed by atoms with Crippen molar-refractivity contribution in [2.24, 2.45) is 5.92 Å². The number of hydrogen-bond donors (Lipinski definition) is 0. The Labute approximate surface area is 134 Å². The Morgan fingerprint density at radius 1 is 1.35 bits per heavy atom. The number of nitrogens with zero attached hydrogens (tertiary/aromatic N) is 3. The van der Waals surface area contributed by atoms with Crippen molar-refractivity contribution in [2.45, 2.75) is 13.3 Å². The van der Waals surface area contributed by atoms with Crippen molar-refractivity contribution in [1.29, 1.82) is 0 Å². The van der Waals surface area contributed by atoms with Crippen LogP contribution >= 0.6 is 11.8 Å². The predicted octanol–water partition coefficient (Wildman–Crippen LogP) is 2.14. The Morgan fingerprint density at radius 2 is 2.04 bits per heavy atom. The van der Waals surface area contributed by atoms with E-state index in [-0.39, 0.29) is 35.6 Å². The molecule has 0 saturated carbocycles. The molecule has 1 atom stereocenters. The van der Waals surface area contributed by atoms with Crippen LogP contribution in [0.25, 0.3) is 0 Å². The maximum Gasteiger partial charge on any atom is 0.299 e. The van der Waals surface area contributed by atoms with Gasteiger partial charge in [-0.15, -0.1) is 0 Å².